The minimum Gasteiger partial charge on any atom is -0.396 e. The van der Waals surface area contributed by atoms with Crippen molar-refractivity contribution in [2.75, 3.05) is 11.5 Å². The molecule has 0 spiro atoms. The van der Waals surface area contributed by atoms with E-state index in [1.165, 1.54) is 11.3 Å². The molecule has 1 N–H and O–H groups in total. The topological polar surface area (TPSA) is 23.5 Å². The Bertz CT molecular complexity index is 312. The number of nitrogens with zero attached hydrogens (tertiary/aromatic N) is 1. The summed E-state index contributed by atoms with van der Waals surface area (Å²) in [4.78, 5) is 2.39. The molecule has 0 fully saturated rings. The van der Waals surface area contributed by atoms with E-state index in [1.54, 1.807) is 0 Å². The molecule has 90 valence electrons. The summed E-state index contributed by atoms with van der Waals surface area (Å²) in [5, 5.41) is 9.08. The Balaban J connectivity index is 3.07. The molecule has 0 aliphatic heterocycles. The van der Waals surface area contributed by atoms with Gasteiger partial charge in [-0.05, 0) is 45.7 Å². The van der Waals surface area contributed by atoms with Gasteiger partial charge in [0.15, 0.2) is 0 Å². The molecule has 0 unspecified atom stereocenters. The Hall–Kier alpha value is -1.02. The highest BCUT2D eigenvalue weighted by atomic mass is 16.2. The minimum absolute atomic E-state index is 0.209. The lowest BCUT2D eigenvalue weighted by Crippen LogP contribution is -2.37. The van der Waals surface area contributed by atoms with Crippen molar-refractivity contribution in [3.8, 4) is 0 Å². The standard InChI is InChI=1S/C14H23NO/c1-11(2)15(12(3)4)14-8-6-5-7-13(14)9-10-16/h5-8,11-12,16H,9-10H2,1-4H3. The summed E-state index contributed by atoms with van der Waals surface area (Å²) >= 11 is 0. The summed E-state index contributed by atoms with van der Waals surface area (Å²) in [6.07, 6.45) is 0.728. The Morgan fingerprint density at radius 2 is 1.62 bits per heavy atom. The number of anilines is 1. The van der Waals surface area contributed by atoms with Gasteiger partial charge in [0.1, 0.15) is 0 Å². The fourth-order valence-corrected chi connectivity index (χ4v) is 2.25. The van der Waals surface area contributed by atoms with Crippen molar-refractivity contribution in [1.29, 1.82) is 0 Å². The van der Waals surface area contributed by atoms with Gasteiger partial charge in [-0.15, -0.1) is 0 Å². The molecule has 0 aliphatic carbocycles. The number of hydrogen-bond acceptors (Lipinski definition) is 2. The molecule has 0 radical (unpaired) electrons. The van der Waals surface area contributed by atoms with Gasteiger partial charge in [0.2, 0.25) is 0 Å². The molecule has 0 saturated heterocycles. The highest BCUT2D eigenvalue weighted by Gasteiger charge is 2.16. The third-order valence-electron chi connectivity index (χ3n) is 2.76. The van der Waals surface area contributed by atoms with E-state index in [0.29, 0.717) is 12.1 Å². The van der Waals surface area contributed by atoms with E-state index in [0.717, 1.165) is 6.42 Å². The maximum atomic E-state index is 9.08. The minimum atomic E-state index is 0.209. The van der Waals surface area contributed by atoms with E-state index >= 15 is 0 Å². The zero-order valence-electron chi connectivity index (χ0n) is 10.8. The predicted molar refractivity (Wildman–Crippen MR) is 70.0 cm³/mol. The van der Waals surface area contributed by atoms with Gasteiger partial charge in [-0.3, -0.25) is 0 Å². The van der Waals surface area contributed by atoms with Crippen LogP contribution in [0.1, 0.15) is 33.3 Å². The fourth-order valence-electron chi connectivity index (χ4n) is 2.25. The molecule has 0 aromatic heterocycles. The Morgan fingerprint density at radius 1 is 1.06 bits per heavy atom. The van der Waals surface area contributed by atoms with Crippen LogP contribution in [0.5, 0.6) is 0 Å². The molecule has 1 rings (SSSR count). The van der Waals surface area contributed by atoms with Gasteiger partial charge in [-0.25, -0.2) is 0 Å². The van der Waals surface area contributed by atoms with Crippen LogP contribution < -0.4 is 4.90 Å². The molecule has 16 heavy (non-hydrogen) atoms. The highest BCUT2D eigenvalue weighted by molar-refractivity contribution is 5.55. The monoisotopic (exact) mass is 221 g/mol. The normalized spacial score (nSPS) is 11.2. The van der Waals surface area contributed by atoms with Crippen molar-refractivity contribution in [2.24, 2.45) is 0 Å². The van der Waals surface area contributed by atoms with E-state index in [2.05, 4.69) is 50.8 Å². The Kier molecular flexibility index (Phi) is 4.81. The first-order valence-electron chi connectivity index (χ1n) is 6.05. The van der Waals surface area contributed by atoms with Crippen LogP contribution in [0.4, 0.5) is 5.69 Å². The van der Waals surface area contributed by atoms with Crippen molar-refractivity contribution in [3.05, 3.63) is 29.8 Å². The number of para-hydroxylation sites is 1. The van der Waals surface area contributed by atoms with E-state index < -0.39 is 0 Å². The molecule has 1 aromatic carbocycles. The van der Waals surface area contributed by atoms with E-state index in [4.69, 9.17) is 5.11 Å². The summed E-state index contributed by atoms with van der Waals surface area (Å²) in [6, 6.07) is 9.29. The summed E-state index contributed by atoms with van der Waals surface area (Å²) in [5.41, 5.74) is 2.48. The number of benzene rings is 1. The van der Waals surface area contributed by atoms with E-state index in [9.17, 15) is 0 Å². The second-order valence-electron chi connectivity index (χ2n) is 4.70. The van der Waals surface area contributed by atoms with Crippen molar-refractivity contribution in [2.45, 2.75) is 46.2 Å². The lowest BCUT2D eigenvalue weighted by molar-refractivity contribution is 0.299. The maximum Gasteiger partial charge on any atom is 0.0472 e. The summed E-state index contributed by atoms with van der Waals surface area (Å²) < 4.78 is 0. The van der Waals surface area contributed by atoms with Crippen molar-refractivity contribution >= 4 is 5.69 Å². The van der Waals surface area contributed by atoms with E-state index in [-0.39, 0.29) is 6.61 Å². The van der Waals surface area contributed by atoms with Crippen molar-refractivity contribution < 1.29 is 5.11 Å². The van der Waals surface area contributed by atoms with Crippen LogP contribution in [0.2, 0.25) is 0 Å². The molecule has 2 nitrogen and oxygen atoms in total. The average molecular weight is 221 g/mol. The van der Waals surface area contributed by atoms with Crippen LogP contribution >= 0.6 is 0 Å². The molecule has 0 saturated carbocycles. The van der Waals surface area contributed by atoms with Gasteiger partial charge in [0.25, 0.3) is 0 Å². The SMILES string of the molecule is CC(C)N(c1ccccc1CCO)C(C)C. The maximum absolute atomic E-state index is 9.08. The quantitative estimate of drug-likeness (QED) is 0.826. The van der Waals surface area contributed by atoms with Crippen molar-refractivity contribution in [1.82, 2.24) is 0 Å². The van der Waals surface area contributed by atoms with Crippen LogP contribution in [0, 0.1) is 0 Å². The second-order valence-corrected chi connectivity index (χ2v) is 4.70. The summed E-state index contributed by atoms with van der Waals surface area (Å²) in [7, 11) is 0. The molecular formula is C14H23NO. The first-order valence-corrected chi connectivity index (χ1v) is 6.05. The largest absolute Gasteiger partial charge is 0.396 e. The lowest BCUT2D eigenvalue weighted by Gasteiger charge is -2.34. The summed E-state index contributed by atoms with van der Waals surface area (Å²) in [6.45, 7) is 9.03. The van der Waals surface area contributed by atoms with Crippen LogP contribution in [-0.4, -0.2) is 23.8 Å². The van der Waals surface area contributed by atoms with Crippen molar-refractivity contribution in [3.63, 3.8) is 0 Å². The number of aliphatic hydroxyl groups excluding tert-OH is 1. The predicted octanol–water partition coefficient (Wildman–Crippen LogP) is 2.84. The molecule has 0 heterocycles. The van der Waals surface area contributed by atoms with Gasteiger partial charge in [-0.1, -0.05) is 18.2 Å². The smallest absolute Gasteiger partial charge is 0.0472 e. The van der Waals surface area contributed by atoms with Crippen LogP contribution in [0.25, 0.3) is 0 Å². The lowest BCUT2D eigenvalue weighted by atomic mass is 10.1. The van der Waals surface area contributed by atoms with Crippen LogP contribution in [0.15, 0.2) is 24.3 Å². The highest BCUT2D eigenvalue weighted by Crippen LogP contribution is 2.25. The van der Waals surface area contributed by atoms with Gasteiger partial charge in [-0.2, -0.15) is 0 Å². The van der Waals surface area contributed by atoms with Gasteiger partial charge < -0.3 is 10.0 Å². The molecule has 1 aromatic rings. The number of rotatable bonds is 5. The van der Waals surface area contributed by atoms with Crippen LogP contribution in [-0.2, 0) is 6.42 Å². The molecule has 0 atom stereocenters. The molecule has 0 aliphatic rings. The van der Waals surface area contributed by atoms with E-state index in [1.807, 2.05) is 6.07 Å². The molecule has 0 bridgehead atoms. The zero-order chi connectivity index (χ0) is 12.1. The third-order valence-corrected chi connectivity index (χ3v) is 2.76. The molecule has 0 amide bonds. The number of aliphatic hydroxyl groups is 1. The first-order chi connectivity index (χ1) is 7.57. The summed E-state index contributed by atoms with van der Waals surface area (Å²) in [5.74, 6) is 0. The first kappa shape index (κ1) is 13.0. The van der Waals surface area contributed by atoms with Gasteiger partial charge in [0.05, 0.1) is 0 Å². The third kappa shape index (κ3) is 2.99. The molecular weight excluding hydrogens is 198 g/mol. The fraction of sp³-hybridized carbons (Fsp3) is 0.571. The number of hydrogen-bond donors (Lipinski definition) is 1. The average Bonchev–Trinajstić information content (AvgIpc) is 2.20. The Labute approximate surface area is 98.9 Å². The zero-order valence-corrected chi connectivity index (χ0v) is 10.8. The van der Waals surface area contributed by atoms with Gasteiger partial charge in [0, 0.05) is 24.4 Å². The Morgan fingerprint density at radius 3 is 2.12 bits per heavy atom. The van der Waals surface area contributed by atoms with Crippen LogP contribution in [0.3, 0.4) is 0 Å². The molecule has 2 heteroatoms. The second kappa shape index (κ2) is 5.90. The van der Waals surface area contributed by atoms with Gasteiger partial charge >= 0.3 is 0 Å².